The molecule has 130 valence electrons. The lowest BCUT2D eigenvalue weighted by Gasteiger charge is -2.23. The molecule has 1 aromatic carbocycles. The van der Waals surface area contributed by atoms with E-state index >= 15 is 0 Å². The third-order valence-corrected chi connectivity index (χ3v) is 3.92. The molecule has 0 saturated carbocycles. The molecule has 4 nitrogen and oxygen atoms in total. The second-order valence-electron chi connectivity index (χ2n) is 7.18. The first-order valence-corrected chi connectivity index (χ1v) is 8.64. The summed E-state index contributed by atoms with van der Waals surface area (Å²) in [6.07, 6.45) is 6.97. The number of nitrogen functional groups attached to an aromatic ring is 2. The molecule has 0 unspecified atom stereocenters. The van der Waals surface area contributed by atoms with E-state index in [0.717, 1.165) is 18.4 Å². The molecule has 0 aromatic heterocycles. The van der Waals surface area contributed by atoms with Gasteiger partial charge >= 0.3 is 5.97 Å². The second-order valence-corrected chi connectivity index (χ2v) is 7.18. The first-order valence-electron chi connectivity index (χ1n) is 8.64. The van der Waals surface area contributed by atoms with Gasteiger partial charge in [-0.2, -0.15) is 0 Å². The molecule has 0 fully saturated rings. The minimum Gasteiger partial charge on any atom is -0.462 e. The minimum absolute atomic E-state index is 0.158. The van der Waals surface area contributed by atoms with Crippen LogP contribution in [0.2, 0.25) is 0 Å². The van der Waals surface area contributed by atoms with E-state index in [1.807, 2.05) is 20.8 Å². The Hall–Kier alpha value is -1.71. The van der Waals surface area contributed by atoms with Gasteiger partial charge in [0.05, 0.1) is 12.2 Å². The molecule has 0 atom stereocenters. The van der Waals surface area contributed by atoms with Crippen LogP contribution in [0.25, 0.3) is 0 Å². The monoisotopic (exact) mass is 320 g/mol. The maximum absolute atomic E-state index is 12.1. The van der Waals surface area contributed by atoms with Crippen LogP contribution in [0.5, 0.6) is 0 Å². The summed E-state index contributed by atoms with van der Waals surface area (Å²) in [6.45, 7) is 8.79. The van der Waals surface area contributed by atoms with Crippen molar-refractivity contribution in [2.75, 3.05) is 18.1 Å². The Labute approximate surface area is 140 Å². The van der Waals surface area contributed by atoms with E-state index in [1.165, 1.54) is 25.7 Å². The lowest BCUT2D eigenvalue weighted by molar-refractivity contribution is 0.0497. The van der Waals surface area contributed by atoms with Crippen LogP contribution < -0.4 is 11.5 Å². The van der Waals surface area contributed by atoms with Crippen molar-refractivity contribution in [2.24, 2.45) is 0 Å². The summed E-state index contributed by atoms with van der Waals surface area (Å²) in [6, 6.07) is 3.33. The van der Waals surface area contributed by atoms with Crippen molar-refractivity contribution in [3.63, 3.8) is 0 Å². The highest BCUT2D eigenvalue weighted by atomic mass is 16.5. The lowest BCUT2D eigenvalue weighted by Crippen LogP contribution is -2.18. The van der Waals surface area contributed by atoms with E-state index in [9.17, 15) is 4.79 Å². The predicted molar refractivity (Wildman–Crippen MR) is 97.6 cm³/mol. The molecule has 0 spiro atoms. The molecule has 1 aromatic rings. The molecule has 0 radical (unpaired) electrons. The van der Waals surface area contributed by atoms with E-state index < -0.39 is 0 Å². The van der Waals surface area contributed by atoms with Crippen LogP contribution in [0.4, 0.5) is 11.4 Å². The summed E-state index contributed by atoms with van der Waals surface area (Å²) in [5.74, 6) is -0.350. The Balaban J connectivity index is 2.55. The van der Waals surface area contributed by atoms with E-state index in [1.54, 1.807) is 12.1 Å². The predicted octanol–water partition coefficient (Wildman–Crippen LogP) is 4.67. The number of esters is 1. The van der Waals surface area contributed by atoms with Crippen LogP contribution in [-0.2, 0) is 10.2 Å². The normalized spacial score (nSPS) is 11.5. The fourth-order valence-corrected chi connectivity index (χ4v) is 2.80. The summed E-state index contributed by atoms with van der Waals surface area (Å²) in [4.78, 5) is 12.1. The zero-order valence-corrected chi connectivity index (χ0v) is 15.1. The Morgan fingerprint density at radius 1 is 1.00 bits per heavy atom. The Morgan fingerprint density at radius 2 is 1.52 bits per heavy atom. The fourth-order valence-electron chi connectivity index (χ4n) is 2.80. The molecule has 0 aliphatic rings. The number of hydrogen-bond donors (Lipinski definition) is 2. The van der Waals surface area contributed by atoms with Gasteiger partial charge in [-0.25, -0.2) is 4.79 Å². The van der Waals surface area contributed by atoms with E-state index in [2.05, 4.69) is 6.92 Å². The van der Waals surface area contributed by atoms with Gasteiger partial charge in [-0.05, 0) is 24.0 Å². The van der Waals surface area contributed by atoms with Gasteiger partial charge in [-0.15, -0.1) is 0 Å². The Morgan fingerprint density at radius 3 is 2.04 bits per heavy atom. The molecule has 0 bridgehead atoms. The van der Waals surface area contributed by atoms with Crippen molar-refractivity contribution in [1.29, 1.82) is 0 Å². The van der Waals surface area contributed by atoms with Crippen LogP contribution in [0.15, 0.2) is 12.1 Å². The first kappa shape index (κ1) is 19.3. The molecule has 4 heteroatoms. The van der Waals surface area contributed by atoms with Gasteiger partial charge in [-0.3, -0.25) is 0 Å². The number of nitrogens with two attached hydrogens (primary N) is 2. The number of carbonyl (C=O) groups is 1. The average molecular weight is 320 g/mol. The van der Waals surface area contributed by atoms with Crippen molar-refractivity contribution in [3.8, 4) is 0 Å². The number of benzene rings is 1. The molecule has 0 saturated heterocycles. The summed E-state index contributed by atoms with van der Waals surface area (Å²) in [5, 5.41) is 0. The maximum Gasteiger partial charge on any atom is 0.338 e. The third kappa shape index (κ3) is 6.12. The van der Waals surface area contributed by atoms with Crippen molar-refractivity contribution in [2.45, 2.75) is 71.6 Å². The number of unbranched alkanes of at least 4 members (excludes halogenated alkanes) is 5. The van der Waals surface area contributed by atoms with Crippen LogP contribution in [0.3, 0.4) is 0 Å². The van der Waals surface area contributed by atoms with E-state index in [-0.39, 0.29) is 11.4 Å². The van der Waals surface area contributed by atoms with Gasteiger partial charge in [0, 0.05) is 16.9 Å². The van der Waals surface area contributed by atoms with Gasteiger partial charge < -0.3 is 16.2 Å². The number of rotatable bonds is 8. The third-order valence-electron chi connectivity index (χ3n) is 3.92. The summed E-state index contributed by atoms with van der Waals surface area (Å²) in [7, 11) is 0. The van der Waals surface area contributed by atoms with Crippen LogP contribution in [0.1, 0.15) is 82.1 Å². The number of ether oxygens (including phenoxy) is 1. The highest BCUT2D eigenvalue weighted by molar-refractivity contribution is 5.92. The Bertz CT molecular complexity index is 496. The number of anilines is 2. The molecule has 1 rings (SSSR count). The van der Waals surface area contributed by atoms with Gasteiger partial charge in [0.2, 0.25) is 0 Å². The zero-order chi connectivity index (χ0) is 17.5. The van der Waals surface area contributed by atoms with Crippen LogP contribution >= 0.6 is 0 Å². The topological polar surface area (TPSA) is 78.3 Å². The smallest absolute Gasteiger partial charge is 0.338 e. The fraction of sp³-hybridized carbons (Fsp3) is 0.632. The molecule has 0 aliphatic heterocycles. The van der Waals surface area contributed by atoms with Crippen molar-refractivity contribution < 1.29 is 9.53 Å². The molecular formula is C19H32N2O2. The van der Waals surface area contributed by atoms with E-state index in [0.29, 0.717) is 23.5 Å². The Kier molecular flexibility index (Phi) is 7.40. The highest BCUT2D eigenvalue weighted by Gasteiger charge is 2.22. The van der Waals surface area contributed by atoms with Gasteiger partial charge in [-0.1, -0.05) is 59.8 Å². The van der Waals surface area contributed by atoms with E-state index in [4.69, 9.17) is 16.2 Å². The largest absolute Gasteiger partial charge is 0.462 e. The maximum atomic E-state index is 12.1. The van der Waals surface area contributed by atoms with Crippen molar-refractivity contribution in [3.05, 3.63) is 23.3 Å². The summed E-state index contributed by atoms with van der Waals surface area (Å²) >= 11 is 0. The molecule has 4 N–H and O–H groups in total. The molecule has 0 amide bonds. The number of carbonyl (C=O) groups excluding carboxylic acids is 1. The lowest BCUT2D eigenvalue weighted by atomic mass is 9.84. The highest BCUT2D eigenvalue weighted by Crippen LogP contribution is 2.34. The molecule has 23 heavy (non-hydrogen) atoms. The van der Waals surface area contributed by atoms with Crippen molar-refractivity contribution in [1.82, 2.24) is 0 Å². The summed E-state index contributed by atoms with van der Waals surface area (Å²) in [5.41, 5.74) is 14.4. The van der Waals surface area contributed by atoms with Gasteiger partial charge in [0.15, 0.2) is 0 Å². The minimum atomic E-state index is -0.350. The summed E-state index contributed by atoms with van der Waals surface area (Å²) < 4.78 is 5.32. The molecule has 0 aliphatic carbocycles. The first-order chi connectivity index (χ1) is 10.8. The second kappa shape index (κ2) is 8.80. The molecular weight excluding hydrogens is 288 g/mol. The average Bonchev–Trinajstić information content (AvgIpc) is 2.43. The van der Waals surface area contributed by atoms with Gasteiger partial charge in [0.25, 0.3) is 0 Å². The molecule has 0 heterocycles. The quantitative estimate of drug-likeness (QED) is 0.414. The van der Waals surface area contributed by atoms with Crippen LogP contribution in [-0.4, -0.2) is 12.6 Å². The van der Waals surface area contributed by atoms with Crippen molar-refractivity contribution >= 4 is 17.3 Å². The zero-order valence-electron chi connectivity index (χ0n) is 15.1. The standard InChI is InChI=1S/C19H32N2O2/c1-5-6-7-8-9-10-11-23-18(22)14-12-15(20)17(16(21)13-14)19(2,3)4/h12-13H,5-11,20-21H2,1-4H3. The number of hydrogen-bond acceptors (Lipinski definition) is 4. The van der Waals surface area contributed by atoms with Crippen LogP contribution in [0, 0.1) is 0 Å². The SMILES string of the molecule is CCCCCCCCOC(=O)c1cc(N)c(C(C)(C)C)c(N)c1. The van der Waals surface area contributed by atoms with Gasteiger partial charge in [0.1, 0.15) is 0 Å².